The maximum atomic E-state index is 6.12. The number of ether oxygens (including phenoxy) is 1. The average molecular weight is 279 g/mol. The molecular formula is C16H29N3O. The van der Waals surface area contributed by atoms with Crippen LogP contribution < -0.4 is 11.1 Å². The number of nitrogen functional groups attached to an aromatic ring is 1. The summed E-state index contributed by atoms with van der Waals surface area (Å²) >= 11 is 0. The number of aromatic nitrogens is 1. The molecule has 0 amide bonds. The second kappa shape index (κ2) is 7.04. The van der Waals surface area contributed by atoms with Crippen molar-refractivity contribution < 1.29 is 4.74 Å². The van der Waals surface area contributed by atoms with E-state index in [9.17, 15) is 0 Å². The number of likely N-dealkylation sites (N-methyl/N-ethyl adjacent to an activating group) is 1. The summed E-state index contributed by atoms with van der Waals surface area (Å²) in [5.41, 5.74) is 8.34. The van der Waals surface area contributed by atoms with Crippen molar-refractivity contribution in [2.45, 2.75) is 53.7 Å². The summed E-state index contributed by atoms with van der Waals surface area (Å²) in [5.74, 6) is 0.588. The van der Waals surface area contributed by atoms with Gasteiger partial charge in [-0.05, 0) is 37.4 Å². The first-order valence-electron chi connectivity index (χ1n) is 7.38. The van der Waals surface area contributed by atoms with Crippen molar-refractivity contribution >= 4 is 5.82 Å². The van der Waals surface area contributed by atoms with Gasteiger partial charge >= 0.3 is 0 Å². The molecule has 4 heteroatoms. The molecule has 2 atom stereocenters. The van der Waals surface area contributed by atoms with Crippen LogP contribution in [0, 0.1) is 12.3 Å². The van der Waals surface area contributed by atoms with Gasteiger partial charge in [-0.3, -0.25) is 0 Å². The maximum absolute atomic E-state index is 6.12. The molecule has 1 aromatic heterocycles. The van der Waals surface area contributed by atoms with Crippen LogP contribution in [0.15, 0.2) is 12.3 Å². The third-order valence-corrected chi connectivity index (χ3v) is 3.48. The van der Waals surface area contributed by atoms with Gasteiger partial charge in [-0.1, -0.05) is 27.7 Å². The summed E-state index contributed by atoms with van der Waals surface area (Å²) in [5, 5.41) is 3.53. The lowest BCUT2D eigenvalue weighted by atomic mass is 9.81. The number of rotatable bonds is 6. The van der Waals surface area contributed by atoms with Crippen LogP contribution in [0.5, 0.6) is 0 Å². The smallest absolute Gasteiger partial charge is 0.128 e. The minimum absolute atomic E-state index is 0.0115. The van der Waals surface area contributed by atoms with E-state index in [0.717, 1.165) is 17.7 Å². The van der Waals surface area contributed by atoms with Crippen LogP contribution in [-0.4, -0.2) is 24.2 Å². The fraction of sp³-hybridized carbons (Fsp3) is 0.688. The zero-order valence-electron chi connectivity index (χ0n) is 13.7. The quantitative estimate of drug-likeness (QED) is 0.840. The molecule has 0 aliphatic heterocycles. The van der Waals surface area contributed by atoms with E-state index in [4.69, 9.17) is 10.5 Å². The normalized spacial score (nSPS) is 15.1. The number of aryl methyl sites for hydroxylation is 1. The lowest BCUT2D eigenvalue weighted by Crippen LogP contribution is -2.42. The van der Waals surface area contributed by atoms with Crippen molar-refractivity contribution in [1.29, 1.82) is 0 Å². The van der Waals surface area contributed by atoms with Crippen LogP contribution >= 0.6 is 0 Å². The molecule has 0 bridgehead atoms. The van der Waals surface area contributed by atoms with Gasteiger partial charge in [-0.25, -0.2) is 4.98 Å². The van der Waals surface area contributed by atoms with Crippen molar-refractivity contribution in [3.05, 3.63) is 23.4 Å². The van der Waals surface area contributed by atoms with E-state index < -0.39 is 0 Å². The molecule has 0 fully saturated rings. The topological polar surface area (TPSA) is 60.2 Å². The van der Waals surface area contributed by atoms with Gasteiger partial charge in [0.15, 0.2) is 0 Å². The second-order valence-corrected chi connectivity index (χ2v) is 6.20. The van der Waals surface area contributed by atoms with Gasteiger partial charge in [-0.15, -0.1) is 0 Å². The monoisotopic (exact) mass is 279 g/mol. The van der Waals surface area contributed by atoms with E-state index in [1.165, 1.54) is 0 Å². The lowest BCUT2D eigenvalue weighted by molar-refractivity contribution is -0.0363. The minimum Gasteiger partial charge on any atom is -0.383 e. The Hall–Kier alpha value is -1.13. The fourth-order valence-electron chi connectivity index (χ4n) is 2.60. The van der Waals surface area contributed by atoms with E-state index in [1.807, 2.05) is 13.0 Å². The molecular weight excluding hydrogens is 250 g/mol. The number of nitrogens with one attached hydrogen (secondary N) is 1. The molecule has 20 heavy (non-hydrogen) atoms. The molecule has 114 valence electrons. The van der Waals surface area contributed by atoms with Crippen molar-refractivity contribution in [1.82, 2.24) is 10.3 Å². The third-order valence-electron chi connectivity index (χ3n) is 3.48. The molecule has 0 radical (unpaired) electrons. The molecule has 0 saturated heterocycles. The summed E-state index contributed by atoms with van der Waals surface area (Å²) in [7, 11) is 0. The average Bonchev–Trinajstić information content (AvgIpc) is 2.33. The highest BCUT2D eigenvalue weighted by atomic mass is 16.5. The van der Waals surface area contributed by atoms with E-state index >= 15 is 0 Å². The molecule has 1 heterocycles. The Labute approximate surface area is 123 Å². The van der Waals surface area contributed by atoms with Gasteiger partial charge in [0.1, 0.15) is 5.82 Å². The van der Waals surface area contributed by atoms with Crippen LogP contribution in [0.4, 0.5) is 5.82 Å². The first kappa shape index (κ1) is 16.9. The van der Waals surface area contributed by atoms with Crippen molar-refractivity contribution in [3.63, 3.8) is 0 Å². The Morgan fingerprint density at radius 3 is 2.45 bits per heavy atom. The SMILES string of the molecule is CCNC(c1c(C)ccnc1N)C(OCC)C(C)(C)C. The highest BCUT2D eigenvalue weighted by Gasteiger charge is 2.35. The number of hydrogen-bond acceptors (Lipinski definition) is 4. The molecule has 0 aliphatic rings. The number of nitrogens with zero attached hydrogens (tertiary/aromatic N) is 1. The third kappa shape index (κ3) is 3.93. The van der Waals surface area contributed by atoms with E-state index in [0.29, 0.717) is 12.4 Å². The van der Waals surface area contributed by atoms with Crippen LogP contribution in [0.1, 0.15) is 51.8 Å². The molecule has 0 aromatic carbocycles. The Kier molecular flexibility index (Phi) is 5.96. The Morgan fingerprint density at radius 2 is 2.00 bits per heavy atom. The van der Waals surface area contributed by atoms with Gasteiger partial charge in [0.05, 0.1) is 12.1 Å². The second-order valence-electron chi connectivity index (χ2n) is 6.20. The fourth-order valence-corrected chi connectivity index (χ4v) is 2.60. The van der Waals surface area contributed by atoms with E-state index in [1.54, 1.807) is 6.20 Å². The molecule has 3 N–H and O–H groups in total. The Balaban J connectivity index is 3.27. The summed E-state index contributed by atoms with van der Waals surface area (Å²) in [4.78, 5) is 4.25. The predicted molar refractivity (Wildman–Crippen MR) is 84.7 cm³/mol. The Bertz CT molecular complexity index is 406. The van der Waals surface area contributed by atoms with Crippen LogP contribution in [0.25, 0.3) is 0 Å². The number of pyridine rings is 1. The van der Waals surface area contributed by atoms with E-state index in [-0.39, 0.29) is 17.6 Å². The molecule has 1 rings (SSSR count). The number of anilines is 1. The van der Waals surface area contributed by atoms with Gasteiger partial charge in [0.25, 0.3) is 0 Å². The highest BCUT2D eigenvalue weighted by molar-refractivity contribution is 5.46. The first-order valence-corrected chi connectivity index (χ1v) is 7.38. The largest absolute Gasteiger partial charge is 0.383 e. The molecule has 4 nitrogen and oxygen atoms in total. The van der Waals surface area contributed by atoms with Gasteiger partial charge < -0.3 is 15.8 Å². The van der Waals surface area contributed by atoms with Crippen molar-refractivity contribution in [2.75, 3.05) is 18.9 Å². The van der Waals surface area contributed by atoms with Crippen molar-refractivity contribution in [2.24, 2.45) is 5.41 Å². The molecule has 0 spiro atoms. The lowest BCUT2D eigenvalue weighted by Gasteiger charge is -2.38. The molecule has 1 aromatic rings. The predicted octanol–water partition coefficient (Wildman–Crippen LogP) is 3.07. The minimum atomic E-state index is 0.0115. The van der Waals surface area contributed by atoms with E-state index in [2.05, 4.69) is 44.9 Å². The molecule has 0 aliphatic carbocycles. The van der Waals surface area contributed by atoms with Gasteiger partial charge in [0.2, 0.25) is 0 Å². The van der Waals surface area contributed by atoms with Crippen LogP contribution in [0.3, 0.4) is 0 Å². The van der Waals surface area contributed by atoms with Gasteiger partial charge in [0, 0.05) is 18.4 Å². The Morgan fingerprint density at radius 1 is 1.35 bits per heavy atom. The summed E-state index contributed by atoms with van der Waals surface area (Å²) in [6.45, 7) is 14.3. The summed E-state index contributed by atoms with van der Waals surface area (Å²) < 4.78 is 6.04. The molecule has 0 saturated carbocycles. The number of hydrogen-bond donors (Lipinski definition) is 2. The first-order chi connectivity index (χ1) is 9.32. The maximum Gasteiger partial charge on any atom is 0.128 e. The number of nitrogens with two attached hydrogens (primary N) is 1. The standard InChI is InChI=1S/C16H29N3O/c1-7-18-13(14(20-8-2)16(4,5)6)12-11(3)9-10-19-15(12)17/h9-10,13-14,18H,7-8H2,1-6H3,(H2,17,19). The van der Waals surface area contributed by atoms with Crippen molar-refractivity contribution in [3.8, 4) is 0 Å². The van der Waals surface area contributed by atoms with Crippen LogP contribution in [0.2, 0.25) is 0 Å². The van der Waals surface area contributed by atoms with Crippen LogP contribution in [-0.2, 0) is 4.74 Å². The zero-order valence-corrected chi connectivity index (χ0v) is 13.7. The summed E-state index contributed by atoms with van der Waals surface area (Å²) in [6, 6.07) is 2.05. The van der Waals surface area contributed by atoms with Gasteiger partial charge in [-0.2, -0.15) is 0 Å². The summed E-state index contributed by atoms with van der Waals surface area (Å²) in [6.07, 6.45) is 1.79. The highest BCUT2D eigenvalue weighted by Crippen LogP contribution is 2.35. The zero-order chi connectivity index (χ0) is 15.3. The molecule has 2 unspecified atom stereocenters.